The maximum Gasteiger partial charge on any atom is 0.243 e. The molecule has 2 aromatic carbocycles. The Labute approximate surface area is 172 Å². The number of para-hydroxylation sites is 1. The number of rotatable bonds is 7. The van der Waals surface area contributed by atoms with E-state index in [0.717, 1.165) is 12.1 Å². The third-order valence-electron chi connectivity index (χ3n) is 5.58. The second kappa shape index (κ2) is 9.41. The molecule has 1 aliphatic rings. The maximum absolute atomic E-state index is 13.0. The average Bonchev–Trinajstić information content (AvgIpc) is 2.74. The molecule has 7 heteroatoms. The van der Waals surface area contributed by atoms with Crippen molar-refractivity contribution in [1.82, 2.24) is 4.31 Å². The Kier molecular flexibility index (Phi) is 6.92. The molecule has 1 saturated heterocycles. The molecule has 3 rings (SSSR count). The second-order valence-electron chi connectivity index (χ2n) is 7.37. The van der Waals surface area contributed by atoms with E-state index in [0.29, 0.717) is 31.7 Å². The summed E-state index contributed by atoms with van der Waals surface area (Å²) >= 11 is 0. The van der Waals surface area contributed by atoms with E-state index in [1.165, 1.54) is 0 Å². The first kappa shape index (κ1) is 21.3. The number of benzene rings is 2. The van der Waals surface area contributed by atoms with Crippen LogP contribution in [-0.2, 0) is 14.8 Å². The summed E-state index contributed by atoms with van der Waals surface area (Å²) < 4.78 is 32.7. The van der Waals surface area contributed by atoms with Gasteiger partial charge >= 0.3 is 0 Å². The van der Waals surface area contributed by atoms with Gasteiger partial charge in [0.1, 0.15) is 5.75 Å². The predicted molar refractivity (Wildman–Crippen MR) is 113 cm³/mol. The van der Waals surface area contributed by atoms with Gasteiger partial charge in [0, 0.05) is 25.2 Å². The molecule has 1 N–H and O–H groups in total. The van der Waals surface area contributed by atoms with Crippen LogP contribution in [0.25, 0.3) is 0 Å². The van der Waals surface area contributed by atoms with E-state index in [-0.39, 0.29) is 22.6 Å². The number of amides is 1. The highest BCUT2D eigenvalue weighted by molar-refractivity contribution is 7.89. The first-order valence-corrected chi connectivity index (χ1v) is 11.4. The zero-order valence-electron chi connectivity index (χ0n) is 16.9. The van der Waals surface area contributed by atoms with Gasteiger partial charge in [0.2, 0.25) is 15.9 Å². The van der Waals surface area contributed by atoms with Gasteiger partial charge in [-0.15, -0.1) is 0 Å². The van der Waals surface area contributed by atoms with Crippen LogP contribution in [0, 0.1) is 11.8 Å². The van der Waals surface area contributed by atoms with Crippen molar-refractivity contribution >= 4 is 21.6 Å². The number of anilines is 1. The molecule has 1 heterocycles. The molecule has 2 atom stereocenters. The van der Waals surface area contributed by atoms with Crippen LogP contribution in [0.15, 0.2) is 59.5 Å². The van der Waals surface area contributed by atoms with Gasteiger partial charge in [-0.2, -0.15) is 4.31 Å². The van der Waals surface area contributed by atoms with Crippen LogP contribution in [0.1, 0.15) is 26.2 Å². The lowest BCUT2D eigenvalue weighted by Gasteiger charge is -2.37. The van der Waals surface area contributed by atoms with Crippen LogP contribution in [-0.4, -0.2) is 38.8 Å². The summed E-state index contributed by atoms with van der Waals surface area (Å²) in [4.78, 5) is 12.7. The van der Waals surface area contributed by atoms with Crippen molar-refractivity contribution in [3.63, 3.8) is 0 Å². The van der Waals surface area contributed by atoms with Crippen LogP contribution in [0.5, 0.6) is 5.75 Å². The van der Waals surface area contributed by atoms with E-state index >= 15 is 0 Å². The third kappa shape index (κ3) is 5.16. The van der Waals surface area contributed by atoms with Gasteiger partial charge in [-0.1, -0.05) is 31.5 Å². The fraction of sp³-hybridized carbons (Fsp3) is 0.409. The lowest BCUT2D eigenvalue weighted by atomic mass is 9.82. The molecule has 0 radical (unpaired) electrons. The van der Waals surface area contributed by atoms with Crippen molar-refractivity contribution < 1.29 is 17.9 Å². The highest BCUT2D eigenvalue weighted by Crippen LogP contribution is 2.32. The smallest absolute Gasteiger partial charge is 0.243 e. The van der Waals surface area contributed by atoms with Crippen molar-refractivity contribution in [2.75, 3.05) is 25.5 Å². The topological polar surface area (TPSA) is 75.7 Å². The SMILES string of the molecule is CC[C@@H]1CN(S(=O)(=O)c2ccc(OC)cc2)CC[C@H]1CC(=O)Nc1ccccc1. The number of nitrogens with one attached hydrogen (secondary N) is 1. The molecular weight excluding hydrogens is 388 g/mol. The molecule has 2 aromatic rings. The highest BCUT2D eigenvalue weighted by atomic mass is 32.2. The van der Waals surface area contributed by atoms with E-state index in [1.807, 2.05) is 30.3 Å². The summed E-state index contributed by atoms with van der Waals surface area (Å²) in [6, 6.07) is 15.9. The Hall–Kier alpha value is -2.38. The number of methoxy groups -OCH3 is 1. The summed E-state index contributed by atoms with van der Waals surface area (Å²) in [5.74, 6) is 0.925. The summed E-state index contributed by atoms with van der Waals surface area (Å²) in [6.45, 7) is 2.92. The Morgan fingerprint density at radius 2 is 1.79 bits per heavy atom. The number of carbonyl (C=O) groups excluding carboxylic acids is 1. The summed E-state index contributed by atoms with van der Waals surface area (Å²) in [7, 11) is -2.00. The number of hydrogen-bond acceptors (Lipinski definition) is 4. The molecule has 156 valence electrons. The van der Waals surface area contributed by atoms with Gasteiger partial charge in [0.25, 0.3) is 0 Å². The molecule has 0 aliphatic carbocycles. The highest BCUT2D eigenvalue weighted by Gasteiger charge is 2.35. The number of carbonyl (C=O) groups is 1. The van der Waals surface area contributed by atoms with Gasteiger partial charge in [-0.05, 0) is 54.7 Å². The lowest BCUT2D eigenvalue weighted by Crippen LogP contribution is -2.44. The van der Waals surface area contributed by atoms with Gasteiger partial charge in [0.05, 0.1) is 12.0 Å². The van der Waals surface area contributed by atoms with E-state index in [2.05, 4.69) is 12.2 Å². The van der Waals surface area contributed by atoms with Crippen LogP contribution in [0.2, 0.25) is 0 Å². The fourth-order valence-electron chi connectivity index (χ4n) is 3.87. The number of nitrogens with zero attached hydrogens (tertiary/aromatic N) is 1. The number of ether oxygens (including phenoxy) is 1. The average molecular weight is 417 g/mol. The van der Waals surface area contributed by atoms with Crippen LogP contribution < -0.4 is 10.1 Å². The van der Waals surface area contributed by atoms with E-state index in [1.54, 1.807) is 35.7 Å². The molecule has 29 heavy (non-hydrogen) atoms. The standard InChI is InChI=1S/C22H28N2O4S/c1-3-17-16-24(29(26,27)21-11-9-20(28-2)10-12-21)14-13-18(17)15-22(25)23-19-7-5-4-6-8-19/h4-12,17-18H,3,13-16H2,1-2H3,(H,23,25)/t17-,18+/m1/s1. The predicted octanol–water partition coefficient (Wildman–Crippen LogP) is 3.76. The van der Waals surface area contributed by atoms with Crippen LogP contribution in [0.3, 0.4) is 0 Å². The largest absolute Gasteiger partial charge is 0.497 e. The van der Waals surface area contributed by atoms with Crippen molar-refractivity contribution in [3.05, 3.63) is 54.6 Å². The Balaban J connectivity index is 1.64. The molecule has 6 nitrogen and oxygen atoms in total. The number of hydrogen-bond donors (Lipinski definition) is 1. The Bertz CT molecular complexity index is 914. The van der Waals surface area contributed by atoms with E-state index in [9.17, 15) is 13.2 Å². The molecular formula is C22H28N2O4S. The normalized spacial score (nSPS) is 20.2. The number of sulfonamides is 1. The molecule has 0 spiro atoms. The minimum atomic E-state index is -3.55. The Morgan fingerprint density at radius 1 is 1.10 bits per heavy atom. The van der Waals surface area contributed by atoms with Gasteiger partial charge in [-0.25, -0.2) is 8.42 Å². The van der Waals surface area contributed by atoms with E-state index in [4.69, 9.17) is 4.74 Å². The van der Waals surface area contributed by atoms with E-state index < -0.39 is 10.0 Å². The van der Waals surface area contributed by atoms with Gasteiger partial charge in [0.15, 0.2) is 0 Å². The summed E-state index contributed by atoms with van der Waals surface area (Å²) in [6.07, 6.45) is 1.91. The summed E-state index contributed by atoms with van der Waals surface area (Å²) in [5, 5.41) is 2.93. The Morgan fingerprint density at radius 3 is 2.41 bits per heavy atom. The first-order chi connectivity index (χ1) is 13.9. The summed E-state index contributed by atoms with van der Waals surface area (Å²) in [5.41, 5.74) is 0.782. The van der Waals surface area contributed by atoms with Crippen molar-refractivity contribution in [2.24, 2.45) is 11.8 Å². The van der Waals surface area contributed by atoms with Crippen LogP contribution >= 0.6 is 0 Å². The maximum atomic E-state index is 13.0. The van der Waals surface area contributed by atoms with Crippen molar-refractivity contribution in [1.29, 1.82) is 0 Å². The fourth-order valence-corrected chi connectivity index (χ4v) is 5.38. The quantitative estimate of drug-likeness (QED) is 0.746. The molecule has 1 fully saturated rings. The zero-order chi connectivity index (χ0) is 20.9. The lowest BCUT2D eigenvalue weighted by molar-refractivity contribution is -0.117. The second-order valence-corrected chi connectivity index (χ2v) is 9.31. The minimum Gasteiger partial charge on any atom is -0.497 e. The number of piperidine rings is 1. The molecule has 0 aromatic heterocycles. The molecule has 1 amide bonds. The van der Waals surface area contributed by atoms with Crippen molar-refractivity contribution in [3.8, 4) is 5.75 Å². The molecule has 0 saturated carbocycles. The monoisotopic (exact) mass is 416 g/mol. The van der Waals surface area contributed by atoms with Gasteiger partial charge in [-0.3, -0.25) is 4.79 Å². The van der Waals surface area contributed by atoms with Crippen molar-refractivity contribution in [2.45, 2.75) is 31.1 Å². The molecule has 0 bridgehead atoms. The minimum absolute atomic E-state index is 0.0221. The molecule has 0 unspecified atom stereocenters. The van der Waals surface area contributed by atoms with Crippen LogP contribution in [0.4, 0.5) is 5.69 Å². The molecule has 1 aliphatic heterocycles. The zero-order valence-corrected chi connectivity index (χ0v) is 17.7. The van der Waals surface area contributed by atoms with Gasteiger partial charge < -0.3 is 10.1 Å². The third-order valence-corrected chi connectivity index (χ3v) is 7.46. The first-order valence-electron chi connectivity index (χ1n) is 9.93.